The first-order valence-electron chi connectivity index (χ1n) is 11.3. The summed E-state index contributed by atoms with van der Waals surface area (Å²) in [5.74, 6) is -0.355. The Labute approximate surface area is 190 Å². The molecule has 0 aromatic carbocycles. The lowest BCUT2D eigenvalue weighted by Gasteiger charge is -2.16. The Hall–Kier alpha value is -1.48. The first-order valence-corrected chi connectivity index (χ1v) is 12.4. The van der Waals surface area contributed by atoms with Gasteiger partial charge in [-0.1, -0.05) is 60.9 Å². The topological polar surface area (TPSA) is 90.4 Å². The molecule has 0 spiro atoms. The molecule has 2 rings (SSSR count). The molecule has 1 aliphatic rings. The molecule has 0 bridgehead atoms. The molecule has 3 atom stereocenters. The van der Waals surface area contributed by atoms with Crippen LogP contribution in [0.4, 0.5) is 4.39 Å². The Balaban J connectivity index is 1.60. The first-order chi connectivity index (χ1) is 14.9. The lowest BCUT2D eigenvalue weighted by Crippen LogP contribution is -2.33. The molecule has 0 radical (unpaired) electrons. The summed E-state index contributed by atoms with van der Waals surface area (Å²) < 4.78 is 26.2. The number of rotatable bonds is 14. The Morgan fingerprint density at radius 3 is 2.42 bits per heavy atom. The molecule has 0 aliphatic carbocycles. The van der Waals surface area contributed by atoms with Crippen molar-refractivity contribution in [2.45, 2.75) is 96.1 Å². The van der Waals surface area contributed by atoms with Crippen LogP contribution in [0.25, 0.3) is 0 Å². The third kappa shape index (κ3) is 8.88. The standard InChI is InChI=1S/C22H34BrFN2O5/c1-16-14-26(22(29)25-21(16)28)19-13-17(24)18(31-19)15-30-20(27)11-9-7-5-3-2-4-6-8-10-12-23/h14,17-19H,2-13,15H2,1H3,(H,25,28,29). The number of esters is 1. The van der Waals surface area contributed by atoms with Crippen molar-refractivity contribution in [3.63, 3.8) is 0 Å². The van der Waals surface area contributed by atoms with E-state index in [-0.39, 0.29) is 19.0 Å². The van der Waals surface area contributed by atoms with Gasteiger partial charge < -0.3 is 9.47 Å². The van der Waals surface area contributed by atoms with Crippen molar-refractivity contribution in [2.24, 2.45) is 0 Å². The van der Waals surface area contributed by atoms with E-state index < -0.39 is 29.8 Å². The van der Waals surface area contributed by atoms with E-state index >= 15 is 0 Å². The zero-order valence-corrected chi connectivity index (χ0v) is 19.8. The molecule has 2 heterocycles. The maximum absolute atomic E-state index is 14.3. The van der Waals surface area contributed by atoms with Crippen LogP contribution in [0.15, 0.2) is 15.8 Å². The van der Waals surface area contributed by atoms with Crippen molar-refractivity contribution in [1.29, 1.82) is 0 Å². The third-order valence-corrected chi connectivity index (χ3v) is 6.10. The Kier molecular flexibility index (Phi) is 11.5. The molecule has 3 unspecified atom stereocenters. The van der Waals surface area contributed by atoms with Crippen LogP contribution in [0.5, 0.6) is 0 Å². The lowest BCUT2D eigenvalue weighted by atomic mass is 10.1. The number of nitrogens with zero attached hydrogens (tertiary/aromatic N) is 1. The highest BCUT2D eigenvalue weighted by Crippen LogP contribution is 2.30. The zero-order chi connectivity index (χ0) is 22.6. The van der Waals surface area contributed by atoms with E-state index in [4.69, 9.17) is 9.47 Å². The van der Waals surface area contributed by atoms with Crippen LogP contribution < -0.4 is 11.2 Å². The van der Waals surface area contributed by atoms with E-state index in [1.165, 1.54) is 49.3 Å². The molecule has 1 aromatic heterocycles. The average molecular weight is 505 g/mol. The second-order valence-corrected chi connectivity index (χ2v) is 8.96. The SMILES string of the molecule is Cc1cn(C2CC(F)C(COC(=O)CCCCCCCCCCCBr)O2)c(=O)[nH]c1=O. The van der Waals surface area contributed by atoms with E-state index in [2.05, 4.69) is 20.9 Å². The molecule has 1 fully saturated rings. The molecule has 0 amide bonds. The molecular weight excluding hydrogens is 471 g/mol. The van der Waals surface area contributed by atoms with Crippen LogP contribution >= 0.6 is 15.9 Å². The molecule has 1 saturated heterocycles. The fourth-order valence-electron chi connectivity index (χ4n) is 3.66. The Bertz CT molecular complexity index is 797. The van der Waals surface area contributed by atoms with Crippen LogP contribution in [-0.2, 0) is 14.3 Å². The number of nitrogens with one attached hydrogen (secondary N) is 1. The highest BCUT2D eigenvalue weighted by molar-refractivity contribution is 9.09. The van der Waals surface area contributed by atoms with Gasteiger partial charge in [-0.15, -0.1) is 0 Å². The number of unbranched alkanes of at least 4 members (excludes halogenated alkanes) is 8. The minimum Gasteiger partial charge on any atom is -0.463 e. The smallest absolute Gasteiger partial charge is 0.330 e. The largest absolute Gasteiger partial charge is 0.463 e. The van der Waals surface area contributed by atoms with Gasteiger partial charge in [0, 0.05) is 29.9 Å². The van der Waals surface area contributed by atoms with Crippen LogP contribution in [0.2, 0.25) is 0 Å². The number of aromatic amines is 1. The summed E-state index contributed by atoms with van der Waals surface area (Å²) in [5.41, 5.74) is -0.792. The van der Waals surface area contributed by atoms with Crippen molar-refractivity contribution < 1.29 is 18.7 Å². The second kappa shape index (κ2) is 13.8. The van der Waals surface area contributed by atoms with Crippen LogP contribution in [0, 0.1) is 6.92 Å². The summed E-state index contributed by atoms with van der Waals surface area (Å²) in [7, 11) is 0. The Morgan fingerprint density at radius 1 is 1.16 bits per heavy atom. The number of carbonyl (C=O) groups is 1. The highest BCUT2D eigenvalue weighted by Gasteiger charge is 2.37. The van der Waals surface area contributed by atoms with Crippen molar-refractivity contribution in [2.75, 3.05) is 11.9 Å². The summed E-state index contributed by atoms with van der Waals surface area (Å²) in [6.45, 7) is 1.38. The summed E-state index contributed by atoms with van der Waals surface area (Å²) >= 11 is 3.44. The molecule has 1 N–H and O–H groups in total. The predicted molar refractivity (Wildman–Crippen MR) is 120 cm³/mol. The summed E-state index contributed by atoms with van der Waals surface area (Å²) in [6.07, 6.45) is 8.89. The molecular formula is C22H34BrFN2O5. The number of aromatic nitrogens is 2. The summed E-state index contributed by atoms with van der Waals surface area (Å²) in [5, 5.41) is 1.08. The van der Waals surface area contributed by atoms with Gasteiger partial charge in [0.25, 0.3) is 5.56 Å². The fraction of sp³-hybridized carbons (Fsp3) is 0.773. The average Bonchev–Trinajstić information content (AvgIpc) is 3.10. The zero-order valence-electron chi connectivity index (χ0n) is 18.2. The van der Waals surface area contributed by atoms with Crippen molar-refractivity contribution in [3.05, 3.63) is 32.6 Å². The van der Waals surface area contributed by atoms with Gasteiger partial charge in [-0.05, 0) is 19.8 Å². The number of carbonyl (C=O) groups excluding carboxylic acids is 1. The van der Waals surface area contributed by atoms with Gasteiger partial charge in [-0.3, -0.25) is 19.1 Å². The van der Waals surface area contributed by atoms with E-state index in [1.807, 2.05) is 0 Å². The van der Waals surface area contributed by atoms with Gasteiger partial charge >= 0.3 is 11.7 Å². The van der Waals surface area contributed by atoms with Gasteiger partial charge in [0.05, 0.1) is 0 Å². The number of hydrogen-bond acceptors (Lipinski definition) is 5. The summed E-state index contributed by atoms with van der Waals surface area (Å²) in [6, 6.07) is 0. The van der Waals surface area contributed by atoms with Gasteiger partial charge in [0.1, 0.15) is 25.1 Å². The van der Waals surface area contributed by atoms with E-state index in [0.717, 1.165) is 24.6 Å². The minimum atomic E-state index is -1.36. The number of halogens is 2. The number of H-pyrrole nitrogens is 1. The van der Waals surface area contributed by atoms with Gasteiger partial charge in [-0.25, -0.2) is 9.18 Å². The first kappa shape index (κ1) is 25.8. The fourth-order valence-corrected chi connectivity index (χ4v) is 4.05. The molecule has 0 saturated carbocycles. The van der Waals surface area contributed by atoms with Crippen LogP contribution in [-0.4, -0.2) is 39.7 Å². The van der Waals surface area contributed by atoms with Gasteiger partial charge in [0.2, 0.25) is 0 Å². The maximum Gasteiger partial charge on any atom is 0.330 e. The highest BCUT2D eigenvalue weighted by atomic mass is 79.9. The van der Waals surface area contributed by atoms with Gasteiger partial charge in [-0.2, -0.15) is 0 Å². The molecule has 1 aliphatic heterocycles. The number of ether oxygens (including phenoxy) is 2. The lowest BCUT2D eigenvalue weighted by molar-refractivity contribution is -0.149. The molecule has 31 heavy (non-hydrogen) atoms. The van der Waals surface area contributed by atoms with E-state index in [1.54, 1.807) is 6.92 Å². The Morgan fingerprint density at radius 2 is 1.77 bits per heavy atom. The van der Waals surface area contributed by atoms with Crippen LogP contribution in [0.3, 0.4) is 0 Å². The van der Waals surface area contributed by atoms with Crippen molar-refractivity contribution in [3.8, 4) is 0 Å². The molecule has 9 heteroatoms. The third-order valence-electron chi connectivity index (χ3n) is 5.54. The number of hydrogen-bond donors (Lipinski definition) is 1. The quantitative estimate of drug-likeness (QED) is 0.231. The maximum atomic E-state index is 14.3. The predicted octanol–water partition coefficient (Wildman–Crippen LogP) is 4.31. The number of aryl methyl sites for hydroxylation is 1. The molecule has 176 valence electrons. The minimum absolute atomic E-state index is 0.0380. The number of alkyl halides is 2. The van der Waals surface area contributed by atoms with Crippen LogP contribution in [0.1, 0.15) is 82.4 Å². The van der Waals surface area contributed by atoms with E-state index in [9.17, 15) is 18.8 Å². The van der Waals surface area contributed by atoms with Crippen molar-refractivity contribution in [1.82, 2.24) is 9.55 Å². The molecule has 7 nitrogen and oxygen atoms in total. The summed E-state index contributed by atoms with van der Waals surface area (Å²) in [4.78, 5) is 37.5. The second-order valence-electron chi connectivity index (χ2n) is 8.16. The van der Waals surface area contributed by atoms with Crippen molar-refractivity contribution >= 4 is 21.9 Å². The normalized spacial score (nSPS) is 20.8. The van der Waals surface area contributed by atoms with E-state index in [0.29, 0.717) is 12.0 Å². The monoisotopic (exact) mass is 504 g/mol. The molecule has 1 aromatic rings. The van der Waals surface area contributed by atoms with Gasteiger partial charge in [0.15, 0.2) is 0 Å².